The number of fused-ring (bicyclic) bond motifs is 1. The second kappa shape index (κ2) is 19.4. The standard InChI is InChI=1S/C28H31N9O12S4.2Na/c1-12-33-34-27(52-12)51-11-14-10-50-22-18(21(39)37(22)19(14)24(42)43)31-20(38)17(32-25(44)35-7-8-36(28(35)46)53(2,47)48)13-3-5-15(6-4-13)30-26(45)49-9-16(29)23(40)41;;/h3-6,16-18,22H,7-11,29H2,1-2H3,(H,30,45)(H,31,38)(H,32,44)(H,40,41)(H,42,43);;/q;2*+1/p-2/t16-,17-,18-,22+;;/m1../s1. The molecule has 2 aromatic rings. The van der Waals surface area contributed by atoms with Crippen LogP contribution in [0.3, 0.4) is 0 Å². The molecule has 0 aliphatic carbocycles. The molecule has 21 nitrogen and oxygen atoms in total. The van der Waals surface area contributed by atoms with Crippen molar-refractivity contribution >= 4 is 92.5 Å². The van der Waals surface area contributed by atoms with Gasteiger partial charge in [-0.05, 0) is 30.2 Å². The maximum Gasteiger partial charge on any atom is 1.00 e. The number of ether oxygens (including phenoxy) is 1. The van der Waals surface area contributed by atoms with Crippen LogP contribution in [0.1, 0.15) is 16.6 Å². The maximum absolute atomic E-state index is 13.8. The largest absolute Gasteiger partial charge is 1.00 e. The number of hydrogen-bond donors (Lipinski definition) is 4. The van der Waals surface area contributed by atoms with E-state index < -0.39 is 82.0 Å². The molecule has 5 rings (SSSR count). The van der Waals surface area contributed by atoms with Gasteiger partial charge in [-0.2, -0.15) is 0 Å². The second-order valence-electron chi connectivity index (χ2n) is 11.4. The molecule has 55 heavy (non-hydrogen) atoms. The van der Waals surface area contributed by atoms with E-state index in [4.69, 9.17) is 10.5 Å². The normalized spacial score (nSPS) is 18.9. The van der Waals surface area contributed by atoms with Crippen LogP contribution in [-0.2, 0) is 33.9 Å². The van der Waals surface area contributed by atoms with Crippen molar-refractivity contribution in [3.63, 3.8) is 0 Å². The van der Waals surface area contributed by atoms with Crippen molar-refractivity contribution in [3.8, 4) is 0 Å². The van der Waals surface area contributed by atoms with Gasteiger partial charge < -0.3 is 40.9 Å². The summed E-state index contributed by atoms with van der Waals surface area (Å²) in [5.41, 5.74) is 5.51. The molecule has 1 aromatic heterocycles. The van der Waals surface area contributed by atoms with E-state index in [0.29, 0.717) is 19.1 Å². The minimum atomic E-state index is -4.01. The molecule has 0 saturated carbocycles. The number of carbonyl (C=O) groups is 7. The number of β-lactam (4-membered cyclic amide) rings is 1. The number of anilines is 1. The van der Waals surface area contributed by atoms with E-state index >= 15 is 0 Å². The minimum absolute atomic E-state index is 0. The smallest absolute Gasteiger partial charge is 0.548 e. The molecular weight excluding hydrogens is 829 g/mol. The summed E-state index contributed by atoms with van der Waals surface area (Å²) in [6.07, 6.45) is -0.282. The maximum atomic E-state index is 13.8. The Hall–Kier alpha value is -2.98. The third kappa shape index (κ3) is 10.9. The number of hydrogen-bond acceptors (Lipinski definition) is 18. The number of sulfonamides is 1. The third-order valence-corrected chi connectivity index (χ3v) is 12.3. The molecule has 7 amide bonds. The predicted octanol–water partition coefficient (Wildman–Crippen LogP) is -8.88. The Morgan fingerprint density at radius 3 is 2.33 bits per heavy atom. The molecule has 5 N–H and O–H groups in total. The minimum Gasteiger partial charge on any atom is -0.548 e. The number of aromatic nitrogens is 2. The van der Waals surface area contributed by atoms with Crippen LogP contribution in [0.25, 0.3) is 0 Å². The van der Waals surface area contributed by atoms with Crippen LogP contribution < -0.4 is 91.0 Å². The number of imide groups is 1. The Kier molecular flexibility index (Phi) is 16.4. The number of aryl methyl sites for hydroxylation is 1. The summed E-state index contributed by atoms with van der Waals surface area (Å²) in [6.45, 7) is 0.427. The van der Waals surface area contributed by atoms with Crippen molar-refractivity contribution in [2.24, 2.45) is 5.73 Å². The summed E-state index contributed by atoms with van der Waals surface area (Å²) in [7, 11) is -4.01. The molecular formula is C28H29N9Na2O12S4. The number of thioether (sulfide) groups is 2. The zero-order valence-corrected chi connectivity index (χ0v) is 36.8. The Labute approximate surface area is 369 Å². The first-order chi connectivity index (χ1) is 25.0. The summed E-state index contributed by atoms with van der Waals surface area (Å²) >= 11 is 3.76. The molecule has 0 unspecified atom stereocenters. The average Bonchev–Trinajstić information content (AvgIpc) is 3.71. The second-order valence-corrected chi connectivity index (χ2v) is 16.9. The Bertz CT molecular complexity index is 2000. The molecule has 2 fully saturated rings. The third-order valence-electron chi connectivity index (χ3n) is 7.75. The summed E-state index contributed by atoms with van der Waals surface area (Å²) in [5, 5.41) is 38.0. The van der Waals surface area contributed by atoms with E-state index in [0.717, 1.165) is 16.2 Å². The van der Waals surface area contributed by atoms with Gasteiger partial charge in [0.05, 0.1) is 43.0 Å². The van der Waals surface area contributed by atoms with E-state index in [1.54, 1.807) is 6.92 Å². The topological polar surface area (TPSA) is 307 Å². The van der Waals surface area contributed by atoms with Crippen LogP contribution in [0.5, 0.6) is 0 Å². The van der Waals surface area contributed by atoms with Crippen molar-refractivity contribution < 1.29 is 116 Å². The van der Waals surface area contributed by atoms with Crippen molar-refractivity contribution in [3.05, 3.63) is 46.1 Å². The quantitative estimate of drug-likeness (QED) is 0.0826. The molecule has 1 aromatic carbocycles. The molecule has 3 aliphatic rings. The Morgan fingerprint density at radius 2 is 1.76 bits per heavy atom. The number of aliphatic carboxylic acids is 2. The fraction of sp³-hybridized carbons (Fsp3) is 0.393. The number of nitrogens with one attached hydrogen (secondary N) is 3. The van der Waals surface area contributed by atoms with Gasteiger partial charge in [-0.1, -0.05) is 35.2 Å². The first-order valence-corrected chi connectivity index (χ1v) is 19.9. The molecule has 3 aliphatic heterocycles. The number of urea groups is 2. The number of amides is 7. The number of carboxylic acid groups (broad SMARTS) is 2. The summed E-state index contributed by atoms with van der Waals surface area (Å²) in [6, 6.07) is -1.53. The van der Waals surface area contributed by atoms with Crippen LogP contribution in [0.2, 0.25) is 0 Å². The zero-order valence-electron chi connectivity index (χ0n) is 29.5. The molecule has 4 atom stereocenters. The number of carboxylic acids is 2. The van der Waals surface area contributed by atoms with Gasteiger partial charge in [-0.25, -0.2) is 32.0 Å². The summed E-state index contributed by atoms with van der Waals surface area (Å²) < 4.78 is 29.8. The van der Waals surface area contributed by atoms with Crippen LogP contribution >= 0.6 is 34.9 Å². The predicted molar refractivity (Wildman–Crippen MR) is 182 cm³/mol. The van der Waals surface area contributed by atoms with E-state index in [2.05, 4.69) is 26.1 Å². The van der Waals surface area contributed by atoms with Gasteiger partial charge in [0.1, 0.15) is 29.1 Å². The SMILES string of the molecule is Cc1nnc(SCC2=C(C(=O)[O-])N3C(=O)[C@@H](NC(=O)[C@H](NC(=O)N4CCN(S(C)(=O)=O)C4=O)c4ccc(NC(=O)OC[C@@H](N)C(=O)[O-])cc4)[C@@H]3SC2)s1.[Na+].[Na+]. The van der Waals surface area contributed by atoms with Gasteiger partial charge in [-0.15, -0.1) is 22.0 Å². The average molecular weight is 858 g/mol. The van der Waals surface area contributed by atoms with Gasteiger partial charge in [-0.3, -0.25) is 19.8 Å². The van der Waals surface area contributed by atoms with Crippen LogP contribution in [0.15, 0.2) is 39.9 Å². The van der Waals surface area contributed by atoms with Gasteiger partial charge in [0.25, 0.3) is 5.91 Å². The van der Waals surface area contributed by atoms with Gasteiger partial charge >= 0.3 is 77.3 Å². The molecule has 0 radical (unpaired) electrons. The number of benzene rings is 1. The molecule has 0 bridgehead atoms. The fourth-order valence-corrected chi connectivity index (χ4v) is 9.26. The Balaban J connectivity index is 0.00000406. The van der Waals surface area contributed by atoms with Crippen molar-refractivity contribution in [1.29, 1.82) is 0 Å². The number of carbonyl (C=O) groups excluding carboxylic acids is 7. The van der Waals surface area contributed by atoms with Crippen molar-refractivity contribution in [2.75, 3.05) is 42.8 Å². The fourth-order valence-electron chi connectivity index (χ4n) is 5.17. The first-order valence-electron chi connectivity index (χ1n) is 15.2. The van der Waals surface area contributed by atoms with E-state index in [-0.39, 0.29) is 101 Å². The molecule has 2 saturated heterocycles. The van der Waals surface area contributed by atoms with Crippen molar-refractivity contribution in [2.45, 2.75) is 34.8 Å². The van der Waals surface area contributed by atoms with Gasteiger partial charge in [0, 0.05) is 17.2 Å². The zero-order chi connectivity index (χ0) is 38.8. The number of rotatable bonds is 13. The van der Waals surface area contributed by atoms with E-state index in [1.807, 2.05) is 0 Å². The van der Waals surface area contributed by atoms with Crippen LogP contribution in [0.4, 0.5) is 20.1 Å². The van der Waals surface area contributed by atoms with Crippen LogP contribution in [0, 0.1) is 6.92 Å². The van der Waals surface area contributed by atoms with Crippen LogP contribution in [-0.4, -0.2) is 130 Å². The summed E-state index contributed by atoms with van der Waals surface area (Å²) in [5.74, 6) is -4.56. The molecule has 27 heteroatoms. The number of nitrogens with zero attached hydrogens (tertiary/aromatic N) is 5. The molecule has 4 heterocycles. The van der Waals surface area contributed by atoms with E-state index in [9.17, 15) is 52.2 Å². The molecule has 284 valence electrons. The Morgan fingerprint density at radius 1 is 1.09 bits per heavy atom. The summed E-state index contributed by atoms with van der Waals surface area (Å²) in [4.78, 5) is 89.8. The number of nitrogens with two attached hydrogens (primary N) is 1. The van der Waals surface area contributed by atoms with Gasteiger partial charge in [0.15, 0.2) is 4.34 Å². The first kappa shape index (κ1) is 46.4. The van der Waals surface area contributed by atoms with Crippen molar-refractivity contribution in [1.82, 2.24) is 34.9 Å². The molecule has 0 spiro atoms. The van der Waals surface area contributed by atoms with E-state index in [1.165, 1.54) is 59.1 Å². The monoisotopic (exact) mass is 857 g/mol. The van der Waals surface area contributed by atoms with Gasteiger partial charge in [0.2, 0.25) is 15.9 Å².